The van der Waals surface area contributed by atoms with Gasteiger partial charge in [0, 0.05) is 36.7 Å². The highest BCUT2D eigenvalue weighted by Crippen LogP contribution is 2.49. The molecule has 2 heteroatoms. The highest BCUT2D eigenvalue weighted by molar-refractivity contribution is 7.26. The first-order valence-corrected chi connectivity index (χ1v) is 16.5. The molecule has 0 unspecified atom stereocenters. The van der Waals surface area contributed by atoms with Crippen LogP contribution in [0.15, 0.2) is 174 Å². The van der Waals surface area contributed by atoms with Crippen LogP contribution in [0.1, 0.15) is 11.0 Å². The molecule has 0 radical (unpaired) electrons. The third-order valence-corrected chi connectivity index (χ3v) is 10.3. The average Bonchev–Trinajstić information content (AvgIpc) is 3.82. The van der Waals surface area contributed by atoms with Crippen molar-refractivity contribution in [2.75, 3.05) is 0 Å². The van der Waals surface area contributed by atoms with E-state index >= 15 is 0 Å². The van der Waals surface area contributed by atoms with Gasteiger partial charge in [-0.2, -0.15) is 0 Å². The lowest BCUT2D eigenvalue weighted by Crippen LogP contribution is -1.91. The summed E-state index contributed by atoms with van der Waals surface area (Å²) in [6.07, 6.45) is 0. The summed E-state index contributed by atoms with van der Waals surface area (Å²) in [6.45, 7) is 0. The van der Waals surface area contributed by atoms with Crippen LogP contribution in [-0.4, -0.2) is 0 Å². The van der Waals surface area contributed by atoms with Crippen LogP contribution in [0, 0.1) is 0 Å². The standard InChI is InChI=1S/C46H28OS/c1-3-13-29(14-4-1)41-34-18-7-9-20-36(34)42(37-21-10-8-19-35(37)41)30-23-25-31(26-24-30)43-44-39(47-45(43)32-15-5-2-6-16-32)28-27-38-33-17-11-12-22-40(33)48-46(38)44/h1-28H/i7D,8D,9D,10D,18D,19D,20D,21D. The molecule has 0 aliphatic carbocycles. The lowest BCUT2D eigenvalue weighted by molar-refractivity contribution is 0.632. The molecule has 0 fully saturated rings. The van der Waals surface area contributed by atoms with Gasteiger partial charge in [0.1, 0.15) is 11.3 Å². The Hall–Kier alpha value is -5.96. The van der Waals surface area contributed by atoms with Gasteiger partial charge in [-0.15, -0.1) is 11.3 Å². The Morgan fingerprint density at radius 2 is 0.917 bits per heavy atom. The zero-order valence-electron chi connectivity index (χ0n) is 33.4. The Kier molecular flexibility index (Phi) is 4.57. The Bertz CT molecular complexity index is 3180. The van der Waals surface area contributed by atoms with Gasteiger partial charge < -0.3 is 4.42 Å². The maximum atomic E-state index is 9.27. The topological polar surface area (TPSA) is 13.1 Å². The number of fused-ring (bicyclic) bond motifs is 7. The molecule has 0 N–H and O–H groups in total. The monoisotopic (exact) mass is 636 g/mol. The van der Waals surface area contributed by atoms with E-state index in [0.29, 0.717) is 28.0 Å². The number of thiophene rings is 1. The molecule has 2 aromatic heterocycles. The van der Waals surface area contributed by atoms with E-state index in [4.69, 9.17) is 9.90 Å². The van der Waals surface area contributed by atoms with Crippen LogP contribution in [0.3, 0.4) is 0 Å². The molecule has 10 rings (SSSR count). The van der Waals surface area contributed by atoms with Crippen LogP contribution < -0.4 is 0 Å². The fourth-order valence-corrected chi connectivity index (χ4v) is 8.29. The Morgan fingerprint density at radius 3 is 1.52 bits per heavy atom. The summed E-state index contributed by atoms with van der Waals surface area (Å²) >= 11 is 1.72. The fraction of sp³-hybridized carbons (Fsp3) is 0. The summed E-state index contributed by atoms with van der Waals surface area (Å²) in [5.41, 5.74) is 5.20. The van der Waals surface area contributed by atoms with Crippen LogP contribution in [-0.2, 0) is 0 Å². The molecular formula is C46H28OS. The minimum atomic E-state index is -0.427. The molecule has 0 aliphatic heterocycles. The molecule has 0 aliphatic rings. The second-order valence-electron chi connectivity index (χ2n) is 11.8. The molecule has 0 atom stereocenters. The Labute approximate surface area is 293 Å². The lowest BCUT2D eigenvalue weighted by atomic mass is 9.85. The van der Waals surface area contributed by atoms with E-state index in [1.807, 2.05) is 78.9 Å². The van der Waals surface area contributed by atoms with Gasteiger partial charge in [0.05, 0.1) is 11.0 Å². The van der Waals surface area contributed by atoms with E-state index in [0.717, 1.165) is 37.7 Å². The minimum Gasteiger partial charge on any atom is -0.455 e. The lowest BCUT2D eigenvalue weighted by Gasteiger charge is -2.18. The van der Waals surface area contributed by atoms with Gasteiger partial charge in [0.2, 0.25) is 0 Å². The van der Waals surface area contributed by atoms with E-state index < -0.39 is 24.2 Å². The number of rotatable bonds is 4. The van der Waals surface area contributed by atoms with Gasteiger partial charge in [0.25, 0.3) is 0 Å². The van der Waals surface area contributed by atoms with Crippen molar-refractivity contribution < 1.29 is 15.4 Å². The molecule has 8 aromatic carbocycles. The van der Waals surface area contributed by atoms with Crippen molar-refractivity contribution in [2.45, 2.75) is 0 Å². The van der Waals surface area contributed by atoms with Crippen molar-refractivity contribution in [2.24, 2.45) is 0 Å². The average molecular weight is 637 g/mol. The maximum absolute atomic E-state index is 9.27. The number of furan rings is 1. The normalized spacial score (nSPS) is 14.1. The van der Waals surface area contributed by atoms with Crippen molar-refractivity contribution in [3.8, 4) is 44.7 Å². The van der Waals surface area contributed by atoms with Crippen molar-refractivity contribution in [3.63, 3.8) is 0 Å². The molecule has 1 nitrogen and oxygen atoms in total. The smallest absolute Gasteiger partial charge is 0.143 e. The molecule has 0 bridgehead atoms. The van der Waals surface area contributed by atoms with Crippen molar-refractivity contribution in [3.05, 3.63) is 170 Å². The summed E-state index contributed by atoms with van der Waals surface area (Å²) in [5.74, 6) is 0.713. The fourth-order valence-electron chi connectivity index (χ4n) is 7.05. The van der Waals surface area contributed by atoms with E-state index in [1.165, 1.54) is 10.1 Å². The SMILES string of the molecule is [2H]c1c([2H])c([2H])c2c(-c3ccc(-c4c(-c5ccccc5)oc5ccc6c7ccccc7sc6c45)cc3)c3c([2H])c([2H])c([2H])c([2H])c3c(-c3ccccc3)c2c1[2H]. The Balaban J connectivity index is 1.32. The zero-order valence-corrected chi connectivity index (χ0v) is 26.2. The van der Waals surface area contributed by atoms with E-state index in [9.17, 15) is 5.48 Å². The van der Waals surface area contributed by atoms with Gasteiger partial charge in [-0.3, -0.25) is 0 Å². The summed E-state index contributed by atoms with van der Waals surface area (Å²) in [7, 11) is 0. The third kappa shape index (κ3) is 4.10. The van der Waals surface area contributed by atoms with Gasteiger partial charge >= 0.3 is 0 Å². The minimum absolute atomic E-state index is 0.186. The van der Waals surface area contributed by atoms with Gasteiger partial charge in [-0.1, -0.05) is 151 Å². The van der Waals surface area contributed by atoms with Crippen molar-refractivity contribution in [1.82, 2.24) is 0 Å². The molecular weight excluding hydrogens is 601 g/mol. The van der Waals surface area contributed by atoms with Crippen LogP contribution in [0.2, 0.25) is 0 Å². The second kappa shape index (κ2) is 10.8. The van der Waals surface area contributed by atoms with Crippen molar-refractivity contribution in [1.29, 1.82) is 0 Å². The second-order valence-corrected chi connectivity index (χ2v) is 12.8. The summed E-state index contributed by atoms with van der Waals surface area (Å²) < 4.78 is 80.7. The van der Waals surface area contributed by atoms with E-state index in [2.05, 4.69) is 18.2 Å². The predicted molar refractivity (Wildman–Crippen MR) is 206 cm³/mol. The summed E-state index contributed by atoms with van der Waals surface area (Å²) in [6, 6.07) is 36.3. The maximum Gasteiger partial charge on any atom is 0.143 e. The van der Waals surface area contributed by atoms with Crippen LogP contribution in [0.5, 0.6) is 0 Å². The third-order valence-electron chi connectivity index (χ3n) is 9.13. The molecule has 2 heterocycles. The first kappa shape index (κ1) is 20.3. The molecule has 0 spiro atoms. The molecule has 48 heavy (non-hydrogen) atoms. The van der Waals surface area contributed by atoms with Crippen LogP contribution in [0.4, 0.5) is 0 Å². The van der Waals surface area contributed by atoms with Crippen LogP contribution in [0.25, 0.3) is 97.4 Å². The Morgan fingerprint density at radius 1 is 0.417 bits per heavy atom. The zero-order chi connectivity index (χ0) is 38.6. The first-order valence-electron chi connectivity index (χ1n) is 19.7. The van der Waals surface area contributed by atoms with Crippen LogP contribution >= 0.6 is 11.3 Å². The number of hydrogen-bond donors (Lipinski definition) is 0. The summed E-state index contributed by atoms with van der Waals surface area (Å²) in [5, 5.41) is 4.05. The van der Waals surface area contributed by atoms with E-state index in [1.54, 1.807) is 35.6 Å². The highest BCUT2D eigenvalue weighted by atomic mass is 32.1. The van der Waals surface area contributed by atoms with Gasteiger partial charge in [0.15, 0.2) is 0 Å². The quantitative estimate of drug-likeness (QED) is 0.175. The number of hydrogen-bond acceptors (Lipinski definition) is 2. The summed E-state index contributed by atoms with van der Waals surface area (Å²) in [4.78, 5) is 0. The van der Waals surface area contributed by atoms with Crippen molar-refractivity contribution >= 4 is 64.0 Å². The molecule has 0 saturated carbocycles. The molecule has 0 saturated heterocycles. The van der Waals surface area contributed by atoms with Gasteiger partial charge in [-0.05, 0) is 67.6 Å². The molecule has 0 amide bonds. The molecule has 10 aromatic rings. The first-order chi connectivity index (χ1) is 27.2. The van der Waals surface area contributed by atoms with E-state index in [-0.39, 0.29) is 45.7 Å². The highest BCUT2D eigenvalue weighted by Gasteiger charge is 2.22. The van der Waals surface area contributed by atoms with Gasteiger partial charge in [-0.25, -0.2) is 0 Å². The predicted octanol–water partition coefficient (Wildman–Crippen LogP) is 13.8. The molecule has 224 valence electrons. The largest absolute Gasteiger partial charge is 0.455 e. The number of benzene rings is 8.